The average Bonchev–Trinajstić information content (AvgIpc) is 2.63. The van der Waals surface area contributed by atoms with Gasteiger partial charge in [-0.25, -0.2) is 0 Å². The van der Waals surface area contributed by atoms with Crippen LogP contribution in [0.2, 0.25) is 0 Å². The Hall–Kier alpha value is -0.570. The topological polar surface area (TPSA) is 29.5 Å². The minimum Gasteiger partial charge on any atom is -0.464 e. The van der Waals surface area contributed by atoms with Crippen LogP contribution in [0.5, 0.6) is 0 Å². The Morgan fingerprint density at radius 3 is 2.36 bits per heavy atom. The van der Waals surface area contributed by atoms with Gasteiger partial charge in [-0.3, -0.25) is 4.79 Å². The summed E-state index contributed by atoms with van der Waals surface area (Å²) in [6.07, 6.45) is 2.29. The van der Waals surface area contributed by atoms with Gasteiger partial charge in [0, 0.05) is 6.92 Å². The third-order valence-electron chi connectivity index (χ3n) is 2.32. The van der Waals surface area contributed by atoms with Crippen molar-refractivity contribution in [3.05, 3.63) is 0 Å². The molecule has 0 aromatic rings. The largest absolute Gasteiger partial charge is 0.464 e. The number of rotatable bonds is 3. The van der Waals surface area contributed by atoms with Crippen LogP contribution in [0.15, 0.2) is 0 Å². The Morgan fingerprint density at radius 1 is 1.55 bits per heavy atom. The molecule has 0 aromatic heterocycles. The highest BCUT2D eigenvalue weighted by molar-refractivity contribution is 5.66. The average molecular weight is 157 g/mol. The van der Waals surface area contributed by atoms with Gasteiger partial charge < -0.3 is 9.64 Å². The number of hydrogen-bond acceptors (Lipinski definition) is 3. The van der Waals surface area contributed by atoms with Crippen LogP contribution in [0.3, 0.4) is 0 Å². The molecule has 0 bridgehead atoms. The van der Waals surface area contributed by atoms with Gasteiger partial charge in [-0.1, -0.05) is 0 Å². The number of likely N-dealkylation sites (N-methyl/N-ethyl adjacent to an activating group) is 1. The van der Waals surface area contributed by atoms with Crippen molar-refractivity contribution in [3.8, 4) is 0 Å². The molecular formula is C8H15NO2. The molecule has 11 heavy (non-hydrogen) atoms. The molecule has 0 amide bonds. The lowest BCUT2D eigenvalue weighted by molar-refractivity contribution is -0.143. The van der Waals surface area contributed by atoms with Crippen molar-refractivity contribution in [1.82, 2.24) is 4.90 Å². The molecule has 64 valence electrons. The standard InChI is InChI=1S/C8H15NO2/c1-7(10)11-6-8(4-5-8)9(2)3/h4-6H2,1-3H3. The van der Waals surface area contributed by atoms with Gasteiger partial charge in [0.15, 0.2) is 0 Å². The summed E-state index contributed by atoms with van der Waals surface area (Å²) in [6.45, 7) is 2.00. The fraction of sp³-hybridized carbons (Fsp3) is 0.875. The predicted octanol–water partition coefficient (Wildman–Crippen LogP) is 0.644. The third-order valence-corrected chi connectivity index (χ3v) is 2.32. The monoisotopic (exact) mass is 157 g/mol. The molecule has 0 saturated heterocycles. The van der Waals surface area contributed by atoms with Gasteiger partial charge in [0.2, 0.25) is 0 Å². The summed E-state index contributed by atoms with van der Waals surface area (Å²) in [5, 5.41) is 0. The van der Waals surface area contributed by atoms with E-state index in [1.54, 1.807) is 0 Å². The molecule has 1 saturated carbocycles. The predicted molar refractivity (Wildman–Crippen MR) is 42.3 cm³/mol. The van der Waals surface area contributed by atoms with E-state index in [1.807, 2.05) is 14.1 Å². The first kappa shape index (κ1) is 8.53. The van der Waals surface area contributed by atoms with E-state index in [0.717, 1.165) is 12.8 Å². The summed E-state index contributed by atoms with van der Waals surface area (Å²) < 4.78 is 4.95. The van der Waals surface area contributed by atoms with Gasteiger partial charge in [-0.2, -0.15) is 0 Å². The van der Waals surface area contributed by atoms with Crippen molar-refractivity contribution in [1.29, 1.82) is 0 Å². The van der Waals surface area contributed by atoms with E-state index in [9.17, 15) is 4.79 Å². The van der Waals surface area contributed by atoms with Crippen LogP contribution in [0.25, 0.3) is 0 Å². The summed E-state index contributed by atoms with van der Waals surface area (Å²) in [5.41, 5.74) is 0.172. The zero-order valence-electron chi connectivity index (χ0n) is 7.39. The Morgan fingerprint density at radius 2 is 2.09 bits per heavy atom. The van der Waals surface area contributed by atoms with Gasteiger partial charge >= 0.3 is 5.97 Å². The van der Waals surface area contributed by atoms with Crippen LogP contribution in [-0.4, -0.2) is 37.1 Å². The lowest BCUT2D eigenvalue weighted by Gasteiger charge is -2.22. The maximum absolute atomic E-state index is 10.5. The van der Waals surface area contributed by atoms with E-state index in [2.05, 4.69) is 4.90 Å². The summed E-state index contributed by atoms with van der Waals surface area (Å²) >= 11 is 0. The lowest BCUT2D eigenvalue weighted by Crippen LogP contribution is -2.35. The van der Waals surface area contributed by atoms with Crippen LogP contribution in [0.4, 0.5) is 0 Å². The number of carbonyl (C=O) groups excluding carboxylic acids is 1. The lowest BCUT2D eigenvalue weighted by atomic mass is 10.3. The highest BCUT2D eigenvalue weighted by Gasteiger charge is 2.45. The van der Waals surface area contributed by atoms with E-state index in [1.165, 1.54) is 6.92 Å². The number of esters is 1. The molecule has 0 spiro atoms. The molecule has 3 heteroatoms. The molecule has 0 aromatic carbocycles. The second kappa shape index (κ2) is 2.81. The maximum atomic E-state index is 10.5. The highest BCUT2D eigenvalue weighted by Crippen LogP contribution is 2.40. The normalized spacial score (nSPS) is 20.0. The second-order valence-electron chi connectivity index (χ2n) is 3.40. The molecule has 1 aliphatic rings. The number of hydrogen-bond donors (Lipinski definition) is 0. The Kier molecular flexibility index (Phi) is 2.18. The SMILES string of the molecule is CC(=O)OCC1(N(C)C)CC1. The van der Waals surface area contributed by atoms with E-state index < -0.39 is 0 Å². The Bertz CT molecular complexity index is 161. The molecule has 0 aliphatic heterocycles. The van der Waals surface area contributed by atoms with Crippen molar-refractivity contribution in [2.45, 2.75) is 25.3 Å². The minimum absolute atomic E-state index is 0.172. The van der Waals surface area contributed by atoms with Crippen LogP contribution in [-0.2, 0) is 9.53 Å². The second-order valence-corrected chi connectivity index (χ2v) is 3.40. The summed E-state index contributed by atoms with van der Waals surface area (Å²) in [4.78, 5) is 12.6. The Labute approximate surface area is 67.3 Å². The van der Waals surface area contributed by atoms with Gasteiger partial charge in [-0.05, 0) is 26.9 Å². The van der Waals surface area contributed by atoms with Gasteiger partial charge in [0.1, 0.15) is 6.61 Å². The number of nitrogens with zero attached hydrogens (tertiary/aromatic N) is 1. The van der Waals surface area contributed by atoms with Crippen molar-refractivity contribution >= 4 is 5.97 Å². The van der Waals surface area contributed by atoms with Gasteiger partial charge in [0.25, 0.3) is 0 Å². The van der Waals surface area contributed by atoms with Gasteiger partial charge in [0.05, 0.1) is 5.54 Å². The van der Waals surface area contributed by atoms with E-state index in [4.69, 9.17) is 4.74 Å². The molecule has 1 fully saturated rings. The van der Waals surface area contributed by atoms with E-state index in [0.29, 0.717) is 6.61 Å². The quantitative estimate of drug-likeness (QED) is 0.563. The van der Waals surface area contributed by atoms with Crippen LogP contribution >= 0.6 is 0 Å². The van der Waals surface area contributed by atoms with Crippen LogP contribution < -0.4 is 0 Å². The third kappa shape index (κ3) is 1.93. The van der Waals surface area contributed by atoms with Crippen molar-refractivity contribution in [3.63, 3.8) is 0 Å². The molecular weight excluding hydrogens is 142 g/mol. The number of carbonyl (C=O) groups is 1. The fourth-order valence-electron chi connectivity index (χ4n) is 1.10. The van der Waals surface area contributed by atoms with E-state index in [-0.39, 0.29) is 11.5 Å². The molecule has 0 atom stereocenters. The first-order valence-corrected chi connectivity index (χ1v) is 3.88. The summed E-state index contributed by atoms with van der Waals surface area (Å²) in [7, 11) is 4.05. The molecule has 0 heterocycles. The molecule has 1 rings (SSSR count). The Balaban J connectivity index is 2.30. The van der Waals surface area contributed by atoms with Gasteiger partial charge in [-0.15, -0.1) is 0 Å². The van der Waals surface area contributed by atoms with Crippen LogP contribution in [0.1, 0.15) is 19.8 Å². The molecule has 0 radical (unpaired) electrons. The molecule has 0 unspecified atom stereocenters. The number of ether oxygens (including phenoxy) is 1. The zero-order chi connectivity index (χ0) is 8.48. The molecule has 1 aliphatic carbocycles. The first-order valence-electron chi connectivity index (χ1n) is 3.88. The maximum Gasteiger partial charge on any atom is 0.302 e. The summed E-state index contributed by atoms with van der Waals surface area (Å²) in [5.74, 6) is -0.182. The van der Waals surface area contributed by atoms with Crippen LogP contribution in [0, 0.1) is 0 Å². The van der Waals surface area contributed by atoms with Crippen molar-refractivity contribution < 1.29 is 9.53 Å². The molecule has 3 nitrogen and oxygen atoms in total. The van der Waals surface area contributed by atoms with Crippen molar-refractivity contribution in [2.75, 3.05) is 20.7 Å². The smallest absolute Gasteiger partial charge is 0.302 e. The summed E-state index contributed by atoms with van der Waals surface area (Å²) in [6, 6.07) is 0. The van der Waals surface area contributed by atoms with E-state index >= 15 is 0 Å². The highest BCUT2D eigenvalue weighted by atomic mass is 16.5. The molecule has 0 N–H and O–H groups in total. The van der Waals surface area contributed by atoms with Crippen molar-refractivity contribution in [2.24, 2.45) is 0 Å². The zero-order valence-corrected chi connectivity index (χ0v) is 7.39. The first-order chi connectivity index (χ1) is 5.07. The fourth-order valence-corrected chi connectivity index (χ4v) is 1.10. The minimum atomic E-state index is -0.182.